The van der Waals surface area contributed by atoms with Crippen LogP contribution in [0.3, 0.4) is 0 Å². The van der Waals surface area contributed by atoms with E-state index in [2.05, 4.69) is 32.9 Å². The van der Waals surface area contributed by atoms with Gasteiger partial charge in [0.25, 0.3) is 0 Å². The molecule has 2 aliphatic carbocycles. The van der Waals surface area contributed by atoms with Crippen molar-refractivity contribution in [3.05, 3.63) is 12.2 Å². The maximum Gasteiger partial charge on any atom is 0.0786 e. The Kier molecular flexibility index (Phi) is 8.87. The predicted molar refractivity (Wildman–Crippen MR) is 107 cm³/mol. The van der Waals surface area contributed by atoms with Crippen molar-refractivity contribution in [3.63, 3.8) is 0 Å². The number of unbranched alkanes of at least 4 members (excludes halogenated alkanes) is 4. The monoisotopic (exact) mass is 334 g/mol. The number of hydrogen-bond acceptors (Lipinski definition) is 0. The maximum atomic E-state index is 2.53. The standard InChI is InChI=1S/C23H44N/c1-4-7-15-24(16-8-5-2,17-9-6-3)18-11-10-12-22-19-21-13-14-23(22)20-21/h13-14,21-23H,4-12,15-20H2,1-3H3/q+1. The Bertz CT molecular complexity index is 337. The van der Waals surface area contributed by atoms with Gasteiger partial charge in [-0.05, 0) is 69.1 Å². The highest BCUT2D eigenvalue weighted by atomic mass is 15.3. The Labute approximate surface area is 152 Å². The summed E-state index contributed by atoms with van der Waals surface area (Å²) in [6.07, 6.45) is 20.8. The predicted octanol–water partition coefficient (Wildman–Crippen LogP) is 6.59. The Morgan fingerprint density at radius 2 is 1.29 bits per heavy atom. The van der Waals surface area contributed by atoms with E-state index in [4.69, 9.17) is 0 Å². The number of quaternary nitrogens is 1. The second kappa shape index (κ2) is 10.6. The summed E-state index contributed by atoms with van der Waals surface area (Å²) < 4.78 is 1.44. The lowest BCUT2D eigenvalue weighted by Gasteiger charge is -2.39. The van der Waals surface area contributed by atoms with Gasteiger partial charge in [-0.1, -0.05) is 52.2 Å². The van der Waals surface area contributed by atoms with Gasteiger partial charge in [0.05, 0.1) is 26.2 Å². The Morgan fingerprint density at radius 3 is 1.75 bits per heavy atom. The smallest absolute Gasteiger partial charge is 0.0786 e. The van der Waals surface area contributed by atoms with E-state index in [0.29, 0.717) is 0 Å². The largest absolute Gasteiger partial charge is 0.324 e. The molecule has 2 bridgehead atoms. The van der Waals surface area contributed by atoms with E-state index in [-0.39, 0.29) is 0 Å². The van der Waals surface area contributed by atoms with Crippen LogP contribution in [0.25, 0.3) is 0 Å². The fourth-order valence-corrected chi connectivity index (χ4v) is 5.23. The summed E-state index contributed by atoms with van der Waals surface area (Å²) in [5, 5.41) is 0. The van der Waals surface area contributed by atoms with Crippen LogP contribution in [-0.4, -0.2) is 30.7 Å². The van der Waals surface area contributed by atoms with Crippen molar-refractivity contribution in [1.82, 2.24) is 0 Å². The molecule has 3 unspecified atom stereocenters. The molecule has 0 N–H and O–H groups in total. The van der Waals surface area contributed by atoms with E-state index in [1.54, 1.807) is 0 Å². The van der Waals surface area contributed by atoms with Crippen molar-refractivity contribution in [2.75, 3.05) is 26.2 Å². The van der Waals surface area contributed by atoms with E-state index >= 15 is 0 Å². The highest BCUT2D eigenvalue weighted by molar-refractivity contribution is 5.09. The van der Waals surface area contributed by atoms with Crippen molar-refractivity contribution in [3.8, 4) is 0 Å². The number of fused-ring (bicyclic) bond motifs is 2. The first-order valence-electron chi connectivity index (χ1n) is 11.3. The van der Waals surface area contributed by atoms with Gasteiger partial charge in [0.15, 0.2) is 0 Å². The molecule has 0 aromatic carbocycles. The molecule has 140 valence electrons. The molecule has 0 radical (unpaired) electrons. The van der Waals surface area contributed by atoms with Gasteiger partial charge in [-0.15, -0.1) is 0 Å². The molecule has 0 spiro atoms. The lowest BCUT2D eigenvalue weighted by molar-refractivity contribution is -0.929. The summed E-state index contributed by atoms with van der Waals surface area (Å²) >= 11 is 0. The second-order valence-electron chi connectivity index (χ2n) is 8.83. The van der Waals surface area contributed by atoms with Crippen LogP contribution >= 0.6 is 0 Å². The average Bonchev–Trinajstić information content (AvgIpc) is 3.22. The average molecular weight is 335 g/mol. The van der Waals surface area contributed by atoms with Gasteiger partial charge in [-0.2, -0.15) is 0 Å². The zero-order valence-electron chi connectivity index (χ0n) is 16.9. The first-order chi connectivity index (χ1) is 11.7. The van der Waals surface area contributed by atoms with Crippen molar-refractivity contribution >= 4 is 0 Å². The first-order valence-corrected chi connectivity index (χ1v) is 11.3. The van der Waals surface area contributed by atoms with Crippen molar-refractivity contribution in [2.45, 2.75) is 91.4 Å². The number of rotatable bonds is 14. The van der Waals surface area contributed by atoms with Gasteiger partial charge in [0.1, 0.15) is 0 Å². The van der Waals surface area contributed by atoms with Gasteiger partial charge >= 0.3 is 0 Å². The van der Waals surface area contributed by atoms with E-state index < -0.39 is 0 Å². The van der Waals surface area contributed by atoms with Crippen LogP contribution in [0.5, 0.6) is 0 Å². The molecule has 1 nitrogen and oxygen atoms in total. The third-order valence-electron chi connectivity index (χ3n) is 6.83. The topological polar surface area (TPSA) is 0 Å². The molecule has 2 aliphatic rings. The Balaban J connectivity index is 1.77. The minimum atomic E-state index is 0.952. The fourth-order valence-electron chi connectivity index (χ4n) is 5.23. The highest BCUT2D eigenvalue weighted by Crippen LogP contribution is 2.45. The van der Waals surface area contributed by atoms with Crippen LogP contribution in [0, 0.1) is 17.8 Å². The second-order valence-corrected chi connectivity index (χ2v) is 8.83. The van der Waals surface area contributed by atoms with Crippen LogP contribution < -0.4 is 0 Å². The third-order valence-corrected chi connectivity index (χ3v) is 6.83. The van der Waals surface area contributed by atoms with Crippen LogP contribution in [0.4, 0.5) is 0 Å². The number of nitrogens with zero attached hydrogens (tertiary/aromatic N) is 1. The van der Waals surface area contributed by atoms with E-state index in [0.717, 1.165) is 17.8 Å². The summed E-state index contributed by atoms with van der Waals surface area (Å²) in [5.74, 6) is 2.94. The van der Waals surface area contributed by atoms with Gasteiger partial charge in [0, 0.05) is 0 Å². The molecule has 1 saturated carbocycles. The Hall–Kier alpha value is -0.300. The number of hydrogen-bond donors (Lipinski definition) is 0. The molecule has 0 aromatic rings. The molecule has 0 heterocycles. The lowest BCUT2D eigenvalue weighted by atomic mass is 9.89. The third kappa shape index (κ3) is 5.90. The van der Waals surface area contributed by atoms with Crippen molar-refractivity contribution in [1.29, 1.82) is 0 Å². The van der Waals surface area contributed by atoms with Gasteiger partial charge in [-0.25, -0.2) is 0 Å². The summed E-state index contributed by atoms with van der Waals surface area (Å²) in [5.41, 5.74) is 0. The highest BCUT2D eigenvalue weighted by Gasteiger charge is 2.35. The quantitative estimate of drug-likeness (QED) is 0.191. The molecule has 1 heteroatoms. The molecule has 0 saturated heterocycles. The Morgan fingerprint density at radius 1 is 0.708 bits per heavy atom. The van der Waals surface area contributed by atoms with E-state index in [9.17, 15) is 0 Å². The summed E-state index contributed by atoms with van der Waals surface area (Å²) in [6.45, 7) is 12.8. The molecule has 3 atom stereocenters. The van der Waals surface area contributed by atoms with Gasteiger partial charge in [-0.3, -0.25) is 0 Å². The normalized spacial score (nSPS) is 25.7. The van der Waals surface area contributed by atoms with E-state index in [1.165, 1.54) is 101 Å². The molecular formula is C23H44N+. The SMILES string of the molecule is CCCC[N+](CCCC)(CCCC)CCCCC1CC2C=CC1C2. The maximum absolute atomic E-state index is 2.53. The van der Waals surface area contributed by atoms with Crippen LogP contribution in [0.1, 0.15) is 91.4 Å². The van der Waals surface area contributed by atoms with Gasteiger partial charge < -0.3 is 4.48 Å². The summed E-state index contributed by atoms with van der Waals surface area (Å²) in [4.78, 5) is 0. The van der Waals surface area contributed by atoms with Crippen LogP contribution in [0.15, 0.2) is 12.2 Å². The zero-order valence-corrected chi connectivity index (χ0v) is 16.9. The minimum absolute atomic E-state index is 0.952. The molecule has 0 aromatic heterocycles. The first kappa shape index (κ1) is 20.0. The van der Waals surface area contributed by atoms with Crippen LogP contribution in [-0.2, 0) is 0 Å². The van der Waals surface area contributed by atoms with Crippen molar-refractivity contribution < 1.29 is 4.48 Å². The van der Waals surface area contributed by atoms with Crippen LogP contribution in [0.2, 0.25) is 0 Å². The molecule has 0 amide bonds. The molecule has 1 fully saturated rings. The summed E-state index contributed by atoms with van der Waals surface area (Å²) in [6, 6.07) is 0. The molecule has 24 heavy (non-hydrogen) atoms. The fraction of sp³-hybridized carbons (Fsp3) is 0.913. The minimum Gasteiger partial charge on any atom is -0.324 e. The molecule has 0 aliphatic heterocycles. The number of allylic oxidation sites excluding steroid dienone is 2. The molecule has 2 rings (SSSR count). The van der Waals surface area contributed by atoms with Gasteiger partial charge in [0.2, 0.25) is 0 Å². The zero-order chi connectivity index (χ0) is 17.3. The van der Waals surface area contributed by atoms with E-state index in [1.807, 2.05) is 0 Å². The molecular weight excluding hydrogens is 290 g/mol. The lowest BCUT2D eigenvalue weighted by Crippen LogP contribution is -2.50. The summed E-state index contributed by atoms with van der Waals surface area (Å²) in [7, 11) is 0. The van der Waals surface area contributed by atoms with Crippen molar-refractivity contribution in [2.24, 2.45) is 17.8 Å².